The van der Waals surface area contributed by atoms with Crippen molar-refractivity contribution in [2.75, 3.05) is 13.2 Å². The maximum Gasteiger partial charge on any atom is 0.332 e. The Morgan fingerprint density at radius 1 is 1.40 bits per heavy atom. The van der Waals surface area contributed by atoms with Gasteiger partial charge in [-0.3, -0.25) is 9.18 Å². The molecule has 6 heteroatoms. The number of hydrogen-bond donors (Lipinski definition) is 2. The zero-order chi connectivity index (χ0) is 11.3. The molecule has 0 bridgehead atoms. The normalized spacial score (nSPS) is 25.1. The van der Waals surface area contributed by atoms with Crippen molar-refractivity contribution < 1.29 is 23.8 Å². The second-order valence-corrected chi connectivity index (χ2v) is 3.36. The summed E-state index contributed by atoms with van der Waals surface area (Å²) < 4.78 is 16.7. The summed E-state index contributed by atoms with van der Waals surface area (Å²) in [6, 6.07) is 0. The van der Waals surface area contributed by atoms with E-state index in [4.69, 9.17) is 9.84 Å². The van der Waals surface area contributed by atoms with E-state index < -0.39 is 24.9 Å². The molecule has 0 radical (unpaired) electrons. The average Bonchev–Trinajstić information content (AvgIpc) is 2.66. The molecule has 1 saturated heterocycles. The van der Waals surface area contributed by atoms with Gasteiger partial charge in [0.15, 0.2) is 6.10 Å². The van der Waals surface area contributed by atoms with Gasteiger partial charge < -0.3 is 15.2 Å². The first-order valence-electron chi connectivity index (χ1n) is 4.87. The highest BCUT2D eigenvalue weighted by Crippen LogP contribution is 2.19. The SMILES string of the molecule is O=C(O)[C@@H]1CC[C@H](C(=O)NCCCF)O1. The number of aliphatic carboxylic acids is 1. The molecule has 1 fully saturated rings. The van der Waals surface area contributed by atoms with Crippen molar-refractivity contribution in [2.45, 2.75) is 31.5 Å². The molecule has 2 atom stereocenters. The van der Waals surface area contributed by atoms with Gasteiger partial charge in [-0.15, -0.1) is 0 Å². The maximum atomic E-state index is 11.7. The number of amides is 1. The second kappa shape index (κ2) is 5.65. The molecule has 0 aromatic carbocycles. The van der Waals surface area contributed by atoms with Crippen LogP contribution in [0.5, 0.6) is 0 Å². The first-order chi connectivity index (χ1) is 7.15. The molecule has 1 aliphatic rings. The minimum atomic E-state index is -1.05. The Labute approximate surface area is 86.6 Å². The van der Waals surface area contributed by atoms with E-state index >= 15 is 0 Å². The van der Waals surface area contributed by atoms with Crippen LogP contribution in [0.3, 0.4) is 0 Å². The summed E-state index contributed by atoms with van der Waals surface area (Å²) in [6.07, 6.45) is -0.580. The third kappa shape index (κ3) is 3.47. The fraction of sp³-hybridized carbons (Fsp3) is 0.778. The van der Waals surface area contributed by atoms with Crippen LogP contribution in [0, 0.1) is 0 Å². The number of carboxylic acids is 1. The van der Waals surface area contributed by atoms with Crippen LogP contribution in [-0.4, -0.2) is 42.4 Å². The Balaban J connectivity index is 2.27. The van der Waals surface area contributed by atoms with Gasteiger partial charge in [0, 0.05) is 6.54 Å². The highest BCUT2D eigenvalue weighted by Gasteiger charge is 2.34. The minimum Gasteiger partial charge on any atom is -0.479 e. The average molecular weight is 219 g/mol. The van der Waals surface area contributed by atoms with Gasteiger partial charge in [0.1, 0.15) is 6.10 Å². The van der Waals surface area contributed by atoms with Gasteiger partial charge in [0.25, 0.3) is 0 Å². The van der Waals surface area contributed by atoms with Crippen LogP contribution in [0.2, 0.25) is 0 Å². The van der Waals surface area contributed by atoms with Gasteiger partial charge in [-0.05, 0) is 19.3 Å². The number of carbonyl (C=O) groups excluding carboxylic acids is 1. The number of rotatable bonds is 5. The Morgan fingerprint density at radius 2 is 2.07 bits per heavy atom. The molecular formula is C9H14FNO4. The van der Waals surface area contributed by atoms with Crippen molar-refractivity contribution in [2.24, 2.45) is 0 Å². The van der Waals surface area contributed by atoms with Gasteiger partial charge in [-0.1, -0.05) is 0 Å². The van der Waals surface area contributed by atoms with Crippen molar-refractivity contribution in [3.63, 3.8) is 0 Å². The Hall–Kier alpha value is -1.17. The third-order valence-corrected chi connectivity index (χ3v) is 2.20. The van der Waals surface area contributed by atoms with Crippen LogP contribution >= 0.6 is 0 Å². The number of ether oxygens (including phenoxy) is 1. The lowest BCUT2D eigenvalue weighted by molar-refractivity contribution is -0.151. The van der Waals surface area contributed by atoms with Crippen molar-refractivity contribution in [1.82, 2.24) is 5.32 Å². The highest BCUT2D eigenvalue weighted by molar-refractivity contribution is 5.82. The first-order valence-corrected chi connectivity index (χ1v) is 4.87. The second-order valence-electron chi connectivity index (χ2n) is 3.36. The predicted octanol–water partition coefficient (Wildman–Crippen LogP) is 0.0944. The van der Waals surface area contributed by atoms with Crippen LogP contribution < -0.4 is 5.32 Å². The summed E-state index contributed by atoms with van der Waals surface area (Å²) in [7, 11) is 0. The van der Waals surface area contributed by atoms with E-state index in [2.05, 4.69) is 5.32 Å². The largest absolute Gasteiger partial charge is 0.479 e. The van der Waals surface area contributed by atoms with Crippen LogP contribution in [0.4, 0.5) is 4.39 Å². The Morgan fingerprint density at radius 3 is 2.60 bits per heavy atom. The summed E-state index contributed by atoms with van der Waals surface area (Å²) in [4.78, 5) is 21.9. The lowest BCUT2D eigenvalue weighted by Crippen LogP contribution is -2.36. The molecule has 0 aromatic heterocycles. The van der Waals surface area contributed by atoms with Gasteiger partial charge in [0.2, 0.25) is 5.91 Å². The quantitative estimate of drug-likeness (QED) is 0.643. The number of carboxylic acid groups (broad SMARTS) is 1. The molecule has 15 heavy (non-hydrogen) atoms. The minimum absolute atomic E-state index is 0.257. The van der Waals surface area contributed by atoms with Crippen LogP contribution in [-0.2, 0) is 14.3 Å². The van der Waals surface area contributed by atoms with Gasteiger partial charge in [-0.2, -0.15) is 0 Å². The molecule has 5 nitrogen and oxygen atoms in total. The molecule has 0 aliphatic carbocycles. The van der Waals surface area contributed by atoms with E-state index in [0.29, 0.717) is 12.8 Å². The number of hydrogen-bond acceptors (Lipinski definition) is 3. The van der Waals surface area contributed by atoms with Gasteiger partial charge in [0.05, 0.1) is 6.67 Å². The van der Waals surface area contributed by atoms with E-state index in [1.165, 1.54) is 0 Å². The van der Waals surface area contributed by atoms with Crippen LogP contribution in [0.25, 0.3) is 0 Å². The number of halogens is 1. The summed E-state index contributed by atoms with van der Waals surface area (Å²) in [5.74, 6) is -1.40. The van der Waals surface area contributed by atoms with Crippen LogP contribution in [0.1, 0.15) is 19.3 Å². The van der Waals surface area contributed by atoms with Crippen molar-refractivity contribution in [1.29, 1.82) is 0 Å². The van der Waals surface area contributed by atoms with Crippen molar-refractivity contribution >= 4 is 11.9 Å². The molecule has 1 heterocycles. The number of carbonyl (C=O) groups is 2. The molecule has 0 spiro atoms. The van der Waals surface area contributed by atoms with Gasteiger partial charge >= 0.3 is 5.97 Å². The first kappa shape index (κ1) is 11.9. The molecular weight excluding hydrogens is 205 g/mol. The monoisotopic (exact) mass is 219 g/mol. The maximum absolute atomic E-state index is 11.7. The van der Waals surface area contributed by atoms with E-state index in [-0.39, 0.29) is 18.9 Å². The molecule has 0 saturated carbocycles. The fourth-order valence-corrected chi connectivity index (χ4v) is 1.40. The summed E-state index contributed by atoms with van der Waals surface area (Å²) in [5, 5.41) is 11.1. The summed E-state index contributed by atoms with van der Waals surface area (Å²) in [5.41, 5.74) is 0. The standard InChI is InChI=1S/C9H14FNO4/c10-4-1-5-11-8(12)6-2-3-7(15-6)9(13)14/h6-7H,1-5H2,(H,11,12)(H,13,14)/t6-,7+/m1/s1. The molecule has 86 valence electrons. The van der Waals surface area contributed by atoms with E-state index in [1.807, 2.05) is 0 Å². The zero-order valence-corrected chi connectivity index (χ0v) is 8.24. The van der Waals surface area contributed by atoms with E-state index in [1.54, 1.807) is 0 Å². The summed E-state index contributed by atoms with van der Waals surface area (Å²) in [6.45, 7) is -0.226. The third-order valence-electron chi connectivity index (χ3n) is 2.20. The lowest BCUT2D eigenvalue weighted by atomic mass is 10.2. The van der Waals surface area contributed by atoms with Crippen molar-refractivity contribution in [3.05, 3.63) is 0 Å². The molecule has 1 aliphatic heterocycles. The molecule has 0 unspecified atom stereocenters. The Kier molecular flexibility index (Phi) is 4.48. The molecule has 2 N–H and O–H groups in total. The zero-order valence-electron chi connectivity index (χ0n) is 8.24. The van der Waals surface area contributed by atoms with Crippen LogP contribution in [0.15, 0.2) is 0 Å². The molecule has 1 rings (SSSR count). The number of nitrogens with one attached hydrogen (secondary N) is 1. The topological polar surface area (TPSA) is 75.6 Å². The highest BCUT2D eigenvalue weighted by atomic mass is 19.1. The van der Waals surface area contributed by atoms with E-state index in [0.717, 1.165) is 0 Å². The molecule has 1 amide bonds. The smallest absolute Gasteiger partial charge is 0.332 e. The van der Waals surface area contributed by atoms with Gasteiger partial charge in [-0.25, -0.2) is 4.79 Å². The lowest BCUT2D eigenvalue weighted by Gasteiger charge is -2.10. The number of alkyl halides is 1. The van der Waals surface area contributed by atoms with E-state index in [9.17, 15) is 14.0 Å². The van der Waals surface area contributed by atoms with Crippen molar-refractivity contribution in [3.8, 4) is 0 Å². The molecule has 0 aromatic rings. The fourth-order valence-electron chi connectivity index (χ4n) is 1.40. The Bertz CT molecular complexity index is 246. The predicted molar refractivity (Wildman–Crippen MR) is 49.1 cm³/mol. The summed E-state index contributed by atoms with van der Waals surface area (Å²) >= 11 is 0.